The number of hydrogen-bond acceptors (Lipinski definition) is 3. The number of hydrogen-bond donors (Lipinski definition) is 1. The third-order valence-electron chi connectivity index (χ3n) is 4.43. The first-order chi connectivity index (χ1) is 10.2. The van der Waals surface area contributed by atoms with E-state index in [1.165, 1.54) is 5.56 Å². The minimum Gasteiger partial charge on any atom is -0.386 e. The largest absolute Gasteiger partial charge is 0.386 e. The van der Waals surface area contributed by atoms with Gasteiger partial charge in [-0.1, -0.05) is 30.3 Å². The second-order valence-electron chi connectivity index (χ2n) is 5.73. The van der Waals surface area contributed by atoms with E-state index in [1.54, 1.807) is 6.20 Å². The average molecular weight is 278 g/mol. The molecule has 1 N–H and O–H groups in total. The number of nitriles is 1. The minimum absolute atomic E-state index is 0.676. The van der Waals surface area contributed by atoms with Crippen molar-refractivity contribution >= 4 is 0 Å². The van der Waals surface area contributed by atoms with Gasteiger partial charge in [-0.3, -0.25) is 4.98 Å². The first-order valence-electron chi connectivity index (χ1n) is 7.27. The van der Waals surface area contributed by atoms with Crippen molar-refractivity contribution in [2.45, 2.75) is 37.7 Å². The molecule has 1 aromatic carbocycles. The lowest BCUT2D eigenvalue weighted by Crippen LogP contribution is -2.36. The molecule has 0 saturated heterocycles. The van der Waals surface area contributed by atoms with Crippen LogP contribution in [0.3, 0.4) is 0 Å². The van der Waals surface area contributed by atoms with Gasteiger partial charge in [-0.05, 0) is 43.4 Å². The van der Waals surface area contributed by atoms with Crippen LogP contribution in [0.5, 0.6) is 0 Å². The molecule has 3 nitrogen and oxygen atoms in total. The molecule has 0 amide bonds. The number of aliphatic hydroxyl groups is 1. The predicted octanol–water partition coefficient (Wildman–Crippen LogP) is 3.22. The zero-order valence-electron chi connectivity index (χ0n) is 12.1. The Balaban J connectivity index is 2.10. The monoisotopic (exact) mass is 278 g/mol. The number of rotatable bonds is 2. The van der Waals surface area contributed by atoms with E-state index >= 15 is 0 Å². The highest BCUT2D eigenvalue weighted by atomic mass is 16.3. The number of aromatic nitrogens is 1. The van der Waals surface area contributed by atoms with E-state index in [2.05, 4.69) is 17.1 Å². The summed E-state index contributed by atoms with van der Waals surface area (Å²) in [6.45, 7) is 1.91. The fourth-order valence-electron chi connectivity index (χ4n) is 3.25. The molecule has 0 bridgehead atoms. The molecule has 0 radical (unpaired) electrons. The lowest BCUT2D eigenvalue weighted by atomic mass is 9.66. The molecule has 0 saturated carbocycles. The van der Waals surface area contributed by atoms with Crippen molar-refractivity contribution in [3.63, 3.8) is 0 Å². The van der Waals surface area contributed by atoms with Gasteiger partial charge in [0.1, 0.15) is 11.5 Å². The SMILES string of the molecule is Cc1ccc(C(O)C2(C#N)CCCc3ccccc32)cn1. The fraction of sp³-hybridized carbons (Fsp3) is 0.333. The Kier molecular flexibility index (Phi) is 3.48. The van der Waals surface area contributed by atoms with Crippen LogP contribution in [-0.4, -0.2) is 10.1 Å². The Labute approximate surface area is 124 Å². The molecule has 1 aromatic heterocycles. The summed E-state index contributed by atoms with van der Waals surface area (Å²) in [7, 11) is 0. The van der Waals surface area contributed by atoms with Crippen molar-refractivity contribution in [2.75, 3.05) is 0 Å². The third-order valence-corrected chi connectivity index (χ3v) is 4.43. The lowest BCUT2D eigenvalue weighted by Gasteiger charge is -2.37. The Morgan fingerprint density at radius 2 is 2.10 bits per heavy atom. The second-order valence-corrected chi connectivity index (χ2v) is 5.73. The van der Waals surface area contributed by atoms with Crippen LogP contribution in [0.1, 0.15) is 41.3 Å². The minimum atomic E-state index is -0.869. The molecule has 1 aliphatic rings. The van der Waals surface area contributed by atoms with Gasteiger partial charge in [0.2, 0.25) is 0 Å². The smallest absolute Gasteiger partial charge is 0.112 e. The van der Waals surface area contributed by atoms with Crippen LogP contribution in [0.2, 0.25) is 0 Å². The van der Waals surface area contributed by atoms with E-state index in [1.807, 2.05) is 37.3 Å². The van der Waals surface area contributed by atoms with Gasteiger partial charge in [-0.15, -0.1) is 0 Å². The van der Waals surface area contributed by atoms with Crippen molar-refractivity contribution in [3.8, 4) is 6.07 Å². The summed E-state index contributed by atoms with van der Waals surface area (Å²) < 4.78 is 0. The highest BCUT2D eigenvalue weighted by Crippen LogP contribution is 2.45. The molecule has 2 atom stereocenters. The molecule has 2 unspecified atom stereocenters. The number of fused-ring (bicyclic) bond motifs is 1. The van der Waals surface area contributed by atoms with Gasteiger partial charge in [-0.2, -0.15) is 5.26 Å². The maximum absolute atomic E-state index is 10.9. The number of pyridine rings is 1. The van der Waals surface area contributed by atoms with Crippen LogP contribution >= 0.6 is 0 Å². The van der Waals surface area contributed by atoms with E-state index in [-0.39, 0.29) is 0 Å². The Hall–Kier alpha value is -2.18. The molecule has 21 heavy (non-hydrogen) atoms. The predicted molar refractivity (Wildman–Crippen MR) is 80.6 cm³/mol. The summed E-state index contributed by atoms with van der Waals surface area (Å²) in [4.78, 5) is 4.25. The number of benzene rings is 1. The average Bonchev–Trinajstić information content (AvgIpc) is 2.54. The summed E-state index contributed by atoms with van der Waals surface area (Å²) in [5.41, 5.74) is 2.88. The van der Waals surface area contributed by atoms with Crippen molar-refractivity contribution in [1.82, 2.24) is 4.98 Å². The number of aliphatic hydroxyl groups excluding tert-OH is 1. The van der Waals surface area contributed by atoms with Gasteiger partial charge in [0.05, 0.1) is 6.07 Å². The van der Waals surface area contributed by atoms with Gasteiger partial charge in [0.15, 0.2) is 0 Å². The maximum Gasteiger partial charge on any atom is 0.112 e. The third kappa shape index (κ3) is 2.22. The highest BCUT2D eigenvalue weighted by molar-refractivity contribution is 5.44. The molecule has 0 fully saturated rings. The van der Waals surface area contributed by atoms with E-state index in [0.717, 1.165) is 24.1 Å². The van der Waals surface area contributed by atoms with Gasteiger partial charge in [-0.25, -0.2) is 0 Å². The van der Waals surface area contributed by atoms with E-state index in [9.17, 15) is 10.4 Å². The highest BCUT2D eigenvalue weighted by Gasteiger charge is 2.44. The molecule has 3 rings (SSSR count). The van der Waals surface area contributed by atoms with E-state index in [0.29, 0.717) is 12.0 Å². The van der Waals surface area contributed by atoms with Gasteiger partial charge >= 0.3 is 0 Å². The molecule has 1 heterocycles. The van der Waals surface area contributed by atoms with Crippen molar-refractivity contribution < 1.29 is 5.11 Å². The van der Waals surface area contributed by atoms with Crippen LogP contribution < -0.4 is 0 Å². The second kappa shape index (κ2) is 5.31. The molecule has 2 aromatic rings. The zero-order valence-corrected chi connectivity index (χ0v) is 12.1. The summed E-state index contributed by atoms with van der Waals surface area (Å²) in [6, 6.07) is 14.1. The van der Waals surface area contributed by atoms with Gasteiger partial charge < -0.3 is 5.11 Å². The van der Waals surface area contributed by atoms with Gasteiger partial charge in [0, 0.05) is 17.5 Å². The van der Waals surface area contributed by atoms with Crippen molar-refractivity contribution in [2.24, 2.45) is 0 Å². The molecular formula is C18H18N2O. The molecular weight excluding hydrogens is 260 g/mol. The molecule has 0 spiro atoms. The standard InChI is InChI=1S/C18H18N2O/c1-13-8-9-15(11-20-13)17(21)18(12-19)10-4-6-14-5-2-3-7-16(14)18/h2-3,5,7-9,11,17,21H,4,6,10H2,1H3. The van der Waals surface area contributed by atoms with E-state index < -0.39 is 11.5 Å². The summed E-state index contributed by atoms with van der Waals surface area (Å²) in [6.07, 6.45) is 3.39. The van der Waals surface area contributed by atoms with Gasteiger partial charge in [0.25, 0.3) is 0 Å². The summed E-state index contributed by atoms with van der Waals surface area (Å²) in [5.74, 6) is 0. The maximum atomic E-state index is 10.9. The lowest BCUT2D eigenvalue weighted by molar-refractivity contribution is 0.0992. The number of aryl methyl sites for hydroxylation is 2. The quantitative estimate of drug-likeness (QED) is 0.917. The fourth-order valence-corrected chi connectivity index (χ4v) is 3.25. The van der Waals surface area contributed by atoms with Crippen LogP contribution in [-0.2, 0) is 11.8 Å². The van der Waals surface area contributed by atoms with Crippen LogP contribution in [0.15, 0.2) is 42.6 Å². The summed E-state index contributed by atoms with van der Waals surface area (Å²) >= 11 is 0. The molecule has 1 aliphatic carbocycles. The normalized spacial score (nSPS) is 22.1. The first kappa shape index (κ1) is 13.8. The summed E-state index contributed by atoms with van der Waals surface area (Å²) in [5, 5.41) is 20.7. The topological polar surface area (TPSA) is 56.9 Å². The van der Waals surface area contributed by atoms with Crippen molar-refractivity contribution in [1.29, 1.82) is 5.26 Å². The first-order valence-corrected chi connectivity index (χ1v) is 7.27. The molecule has 3 heteroatoms. The van der Waals surface area contributed by atoms with Crippen LogP contribution in [0.25, 0.3) is 0 Å². The zero-order chi connectivity index (χ0) is 14.9. The molecule has 0 aliphatic heterocycles. The van der Waals surface area contributed by atoms with Crippen LogP contribution in [0.4, 0.5) is 0 Å². The molecule has 106 valence electrons. The Morgan fingerprint density at radius 1 is 1.29 bits per heavy atom. The van der Waals surface area contributed by atoms with E-state index in [4.69, 9.17) is 0 Å². The Morgan fingerprint density at radius 3 is 2.81 bits per heavy atom. The van der Waals surface area contributed by atoms with Crippen LogP contribution in [0, 0.1) is 18.3 Å². The van der Waals surface area contributed by atoms with Crippen molar-refractivity contribution in [3.05, 3.63) is 65.0 Å². The Bertz CT molecular complexity index is 687. The number of nitrogens with zero attached hydrogens (tertiary/aromatic N) is 2.